The summed E-state index contributed by atoms with van der Waals surface area (Å²) in [7, 11) is 0. The van der Waals surface area contributed by atoms with Crippen molar-refractivity contribution in [2.45, 2.75) is 39.7 Å². The van der Waals surface area contributed by atoms with Crippen LogP contribution < -0.4 is 5.32 Å². The lowest BCUT2D eigenvalue weighted by Gasteiger charge is -2.07. The highest BCUT2D eigenvalue weighted by atomic mass is 19.1. The zero-order valence-corrected chi connectivity index (χ0v) is 11.0. The molecule has 0 aliphatic rings. The molecule has 1 N–H and O–H groups in total. The van der Waals surface area contributed by atoms with E-state index in [1.54, 1.807) is 6.07 Å². The third-order valence-corrected chi connectivity index (χ3v) is 2.62. The molecular weight excluding hydrogens is 213 g/mol. The van der Waals surface area contributed by atoms with Gasteiger partial charge >= 0.3 is 0 Å². The summed E-state index contributed by atoms with van der Waals surface area (Å²) in [6.45, 7) is 7.31. The average Bonchev–Trinajstić information content (AvgIpc) is 2.27. The second-order valence-electron chi connectivity index (χ2n) is 4.72. The Morgan fingerprint density at radius 3 is 2.71 bits per heavy atom. The first-order chi connectivity index (χ1) is 8.09. The first-order valence-electron chi connectivity index (χ1n) is 6.22. The van der Waals surface area contributed by atoms with Gasteiger partial charge in [-0.2, -0.15) is 0 Å². The van der Waals surface area contributed by atoms with Gasteiger partial charge in [-0.25, -0.2) is 4.39 Å². The zero-order valence-electron chi connectivity index (χ0n) is 11.0. The lowest BCUT2D eigenvalue weighted by molar-refractivity contribution is 0.593. The number of nitrogens with one attached hydrogen (secondary N) is 1. The second-order valence-corrected chi connectivity index (χ2v) is 4.72. The quantitative estimate of drug-likeness (QED) is 0.585. The number of rotatable bonds is 6. The van der Waals surface area contributed by atoms with Gasteiger partial charge in [-0.1, -0.05) is 43.7 Å². The largest absolute Gasteiger partial charge is 0.314 e. The van der Waals surface area contributed by atoms with Crippen molar-refractivity contribution in [1.82, 2.24) is 5.32 Å². The third kappa shape index (κ3) is 5.64. The third-order valence-electron chi connectivity index (χ3n) is 2.62. The van der Waals surface area contributed by atoms with Crippen LogP contribution in [-0.4, -0.2) is 12.6 Å². The van der Waals surface area contributed by atoms with Crippen LogP contribution in [0.4, 0.5) is 4.39 Å². The Hall–Kier alpha value is -1.15. The monoisotopic (exact) mass is 235 g/mol. The average molecular weight is 235 g/mol. The number of halogens is 1. The van der Waals surface area contributed by atoms with E-state index in [4.69, 9.17) is 0 Å². The van der Waals surface area contributed by atoms with Crippen molar-refractivity contribution in [1.29, 1.82) is 0 Å². The van der Waals surface area contributed by atoms with E-state index < -0.39 is 0 Å². The first-order valence-corrected chi connectivity index (χ1v) is 6.22. The summed E-state index contributed by atoms with van der Waals surface area (Å²) >= 11 is 0. The van der Waals surface area contributed by atoms with Gasteiger partial charge in [0.25, 0.3) is 0 Å². The summed E-state index contributed by atoms with van der Waals surface area (Å²) in [4.78, 5) is 0. The molecular formula is C15H22FN. The number of hydrogen-bond acceptors (Lipinski definition) is 1. The Bertz CT molecular complexity index is 369. The summed E-state index contributed by atoms with van der Waals surface area (Å²) in [6.07, 6.45) is 3.88. The molecule has 0 amide bonds. The van der Waals surface area contributed by atoms with Crippen LogP contribution >= 0.6 is 0 Å². The van der Waals surface area contributed by atoms with Gasteiger partial charge in [-0.05, 0) is 37.9 Å². The van der Waals surface area contributed by atoms with Crippen LogP contribution in [0.25, 0.3) is 0 Å². The topological polar surface area (TPSA) is 12.0 Å². The molecule has 0 spiro atoms. The van der Waals surface area contributed by atoms with Gasteiger partial charge in [0, 0.05) is 6.04 Å². The van der Waals surface area contributed by atoms with Gasteiger partial charge in [0.2, 0.25) is 0 Å². The van der Waals surface area contributed by atoms with Crippen molar-refractivity contribution < 1.29 is 4.39 Å². The van der Waals surface area contributed by atoms with Crippen LogP contribution in [0.1, 0.15) is 32.8 Å². The molecule has 0 atom stereocenters. The summed E-state index contributed by atoms with van der Waals surface area (Å²) < 4.78 is 13.4. The van der Waals surface area contributed by atoms with Crippen LogP contribution in [-0.2, 0) is 6.42 Å². The van der Waals surface area contributed by atoms with E-state index in [-0.39, 0.29) is 5.82 Å². The summed E-state index contributed by atoms with van der Waals surface area (Å²) in [5.74, 6) is -0.111. The predicted molar refractivity (Wildman–Crippen MR) is 71.6 cm³/mol. The van der Waals surface area contributed by atoms with Crippen molar-refractivity contribution in [3.63, 3.8) is 0 Å². The van der Waals surface area contributed by atoms with E-state index in [9.17, 15) is 4.39 Å². The molecule has 0 aliphatic carbocycles. The Balaban J connectivity index is 2.41. The van der Waals surface area contributed by atoms with E-state index in [2.05, 4.69) is 32.2 Å². The number of benzene rings is 1. The number of allylic oxidation sites excluding steroid dienone is 1. The molecule has 0 aliphatic heterocycles. The van der Waals surface area contributed by atoms with Crippen molar-refractivity contribution in [2.24, 2.45) is 0 Å². The molecule has 0 radical (unpaired) electrons. The Morgan fingerprint density at radius 2 is 2.06 bits per heavy atom. The van der Waals surface area contributed by atoms with Crippen LogP contribution in [0.5, 0.6) is 0 Å². The highest BCUT2D eigenvalue weighted by Crippen LogP contribution is 2.12. The lowest BCUT2D eigenvalue weighted by atomic mass is 10.1. The van der Waals surface area contributed by atoms with Crippen molar-refractivity contribution in [2.75, 3.05) is 6.54 Å². The molecule has 1 aromatic rings. The van der Waals surface area contributed by atoms with Crippen molar-refractivity contribution >= 4 is 0 Å². The zero-order chi connectivity index (χ0) is 12.7. The van der Waals surface area contributed by atoms with Gasteiger partial charge in [-0.3, -0.25) is 0 Å². The van der Waals surface area contributed by atoms with Crippen LogP contribution in [0.3, 0.4) is 0 Å². The summed E-state index contributed by atoms with van der Waals surface area (Å²) in [6, 6.07) is 7.49. The minimum atomic E-state index is -0.111. The summed E-state index contributed by atoms with van der Waals surface area (Å²) in [5.41, 5.74) is 2.00. The second kappa shape index (κ2) is 7.23. The fourth-order valence-corrected chi connectivity index (χ4v) is 1.70. The predicted octanol–water partition coefficient (Wildman–Crippen LogP) is 3.70. The fourth-order valence-electron chi connectivity index (χ4n) is 1.70. The first kappa shape index (κ1) is 13.9. The van der Waals surface area contributed by atoms with Crippen LogP contribution in [0, 0.1) is 5.82 Å². The van der Waals surface area contributed by atoms with Gasteiger partial charge in [0.05, 0.1) is 0 Å². The normalized spacial score (nSPS) is 12.2. The maximum absolute atomic E-state index is 13.4. The van der Waals surface area contributed by atoms with E-state index in [0.717, 1.165) is 18.5 Å². The standard InChI is InChI=1S/C15H22FN/c1-12(2)17-10-6-7-13(3)11-14-8-4-5-9-15(14)16/h4-5,7-9,12,17H,6,10-11H2,1-3H3. The molecule has 0 saturated heterocycles. The molecule has 0 bridgehead atoms. The van der Waals surface area contributed by atoms with Crippen LogP contribution in [0.2, 0.25) is 0 Å². The van der Waals surface area contributed by atoms with Crippen molar-refractivity contribution in [3.8, 4) is 0 Å². The molecule has 0 unspecified atom stereocenters. The smallest absolute Gasteiger partial charge is 0.126 e. The Kier molecular flexibility index (Phi) is 5.92. The van der Waals surface area contributed by atoms with E-state index >= 15 is 0 Å². The molecule has 0 heterocycles. The molecule has 94 valence electrons. The molecule has 0 fully saturated rings. The lowest BCUT2D eigenvalue weighted by Crippen LogP contribution is -2.23. The summed E-state index contributed by atoms with van der Waals surface area (Å²) in [5, 5.41) is 3.36. The highest BCUT2D eigenvalue weighted by molar-refractivity contribution is 5.22. The maximum Gasteiger partial charge on any atom is 0.126 e. The Labute approximate surface area is 104 Å². The number of hydrogen-bond donors (Lipinski definition) is 1. The fraction of sp³-hybridized carbons (Fsp3) is 0.467. The van der Waals surface area contributed by atoms with E-state index in [1.807, 2.05) is 12.1 Å². The molecule has 1 rings (SSSR count). The van der Waals surface area contributed by atoms with Gasteiger partial charge in [-0.15, -0.1) is 0 Å². The van der Waals surface area contributed by atoms with Gasteiger partial charge in [0.15, 0.2) is 0 Å². The van der Waals surface area contributed by atoms with E-state index in [0.29, 0.717) is 12.5 Å². The highest BCUT2D eigenvalue weighted by Gasteiger charge is 2.00. The minimum Gasteiger partial charge on any atom is -0.314 e. The van der Waals surface area contributed by atoms with Gasteiger partial charge < -0.3 is 5.32 Å². The molecule has 0 aromatic heterocycles. The van der Waals surface area contributed by atoms with Crippen LogP contribution in [0.15, 0.2) is 35.9 Å². The van der Waals surface area contributed by atoms with Gasteiger partial charge in [0.1, 0.15) is 5.82 Å². The minimum absolute atomic E-state index is 0.111. The Morgan fingerprint density at radius 1 is 1.35 bits per heavy atom. The molecule has 1 aromatic carbocycles. The molecule has 0 saturated carbocycles. The molecule has 17 heavy (non-hydrogen) atoms. The maximum atomic E-state index is 13.4. The molecule has 1 nitrogen and oxygen atoms in total. The SMILES string of the molecule is CC(=CCCNC(C)C)Cc1ccccc1F. The van der Waals surface area contributed by atoms with Crippen molar-refractivity contribution in [3.05, 3.63) is 47.3 Å². The molecule has 2 heteroatoms. The van der Waals surface area contributed by atoms with E-state index in [1.165, 1.54) is 11.6 Å².